The Bertz CT molecular complexity index is 156. The van der Waals surface area contributed by atoms with E-state index in [1.165, 1.54) is 0 Å². The van der Waals surface area contributed by atoms with E-state index in [-0.39, 0.29) is 5.41 Å². The lowest BCUT2D eigenvalue weighted by Gasteiger charge is -2.38. The summed E-state index contributed by atoms with van der Waals surface area (Å²) in [6.45, 7) is 11.7. The lowest BCUT2D eigenvalue weighted by molar-refractivity contribution is 0.196. The van der Waals surface area contributed by atoms with Gasteiger partial charge in [-0.15, -0.1) is 0 Å². The first-order valence-electron chi connectivity index (χ1n) is 3.60. The number of carbonyl (C=O) groups excluding carboxylic acids is 1. The maximum atomic E-state index is 10.5. The minimum atomic E-state index is -0.530. The van der Waals surface area contributed by atoms with E-state index in [9.17, 15) is 4.79 Å². The van der Waals surface area contributed by atoms with Crippen LogP contribution in [0.4, 0.5) is 4.79 Å². The quantitative estimate of drug-likeness (QED) is 0.592. The van der Waals surface area contributed by atoms with E-state index >= 15 is 0 Å². The van der Waals surface area contributed by atoms with Crippen molar-refractivity contribution >= 4 is 6.03 Å². The smallest absolute Gasteiger partial charge is 0.312 e. The minimum absolute atomic E-state index is 0.0952. The van der Waals surface area contributed by atoms with Crippen molar-refractivity contribution in [2.75, 3.05) is 0 Å². The number of hydrogen-bond donors (Lipinski definition) is 2. The van der Waals surface area contributed by atoms with Gasteiger partial charge in [-0.05, 0) is 19.3 Å². The Kier molecular flexibility index (Phi) is 2.54. The van der Waals surface area contributed by atoms with Gasteiger partial charge in [0, 0.05) is 5.54 Å². The van der Waals surface area contributed by atoms with Gasteiger partial charge in [0.05, 0.1) is 0 Å². The second-order valence-electron chi connectivity index (χ2n) is 4.07. The molecule has 0 rings (SSSR count). The molecule has 0 saturated carbocycles. The van der Waals surface area contributed by atoms with Crippen LogP contribution in [-0.2, 0) is 0 Å². The van der Waals surface area contributed by atoms with Crippen molar-refractivity contribution in [2.24, 2.45) is 11.1 Å². The maximum absolute atomic E-state index is 10.5. The average Bonchev–Trinajstić information content (AvgIpc) is 1.56. The van der Waals surface area contributed by atoms with Gasteiger partial charge in [0.25, 0.3) is 0 Å². The van der Waals surface area contributed by atoms with Crippen LogP contribution in [0.15, 0.2) is 0 Å². The molecule has 11 heavy (non-hydrogen) atoms. The molecule has 1 atom stereocenters. The fourth-order valence-electron chi connectivity index (χ4n) is 0.459. The first-order chi connectivity index (χ1) is 4.67. The van der Waals surface area contributed by atoms with Crippen LogP contribution in [0.3, 0.4) is 0 Å². The molecule has 1 radical (unpaired) electrons. The monoisotopic (exact) mass is 157 g/mol. The molecule has 0 aliphatic carbocycles. The number of rotatable bonds is 1. The number of hydrogen-bond acceptors (Lipinski definition) is 1. The van der Waals surface area contributed by atoms with Gasteiger partial charge in [0.1, 0.15) is 0 Å². The Morgan fingerprint density at radius 1 is 1.36 bits per heavy atom. The summed E-state index contributed by atoms with van der Waals surface area (Å²) in [5, 5.41) is 2.59. The van der Waals surface area contributed by atoms with Gasteiger partial charge in [0.15, 0.2) is 0 Å². The molecular weight excluding hydrogens is 140 g/mol. The second-order valence-corrected chi connectivity index (χ2v) is 4.07. The summed E-state index contributed by atoms with van der Waals surface area (Å²) in [6.07, 6.45) is 0. The van der Waals surface area contributed by atoms with Crippen molar-refractivity contribution in [2.45, 2.75) is 33.2 Å². The van der Waals surface area contributed by atoms with Crippen molar-refractivity contribution in [1.82, 2.24) is 5.32 Å². The van der Waals surface area contributed by atoms with Crippen LogP contribution in [0.25, 0.3) is 0 Å². The molecule has 1 unspecified atom stereocenters. The van der Waals surface area contributed by atoms with Crippen LogP contribution in [0.5, 0.6) is 0 Å². The summed E-state index contributed by atoms with van der Waals surface area (Å²) >= 11 is 0. The van der Waals surface area contributed by atoms with E-state index < -0.39 is 11.6 Å². The Labute approximate surface area is 68.3 Å². The molecule has 3 nitrogen and oxygen atoms in total. The number of nitrogens with one attached hydrogen (secondary N) is 1. The number of carbonyl (C=O) groups is 1. The van der Waals surface area contributed by atoms with E-state index in [0.29, 0.717) is 0 Å². The van der Waals surface area contributed by atoms with Gasteiger partial charge in [-0.3, -0.25) is 0 Å². The molecule has 0 aliphatic rings. The van der Waals surface area contributed by atoms with Gasteiger partial charge < -0.3 is 11.1 Å². The maximum Gasteiger partial charge on any atom is 0.312 e. The summed E-state index contributed by atoms with van der Waals surface area (Å²) in [4.78, 5) is 10.5. The predicted octanol–water partition coefficient (Wildman–Crippen LogP) is 1.29. The summed E-state index contributed by atoms with van der Waals surface area (Å²) in [5.41, 5.74) is 4.37. The van der Waals surface area contributed by atoms with Crippen LogP contribution >= 0.6 is 0 Å². The van der Waals surface area contributed by atoms with Crippen molar-refractivity contribution < 1.29 is 4.79 Å². The van der Waals surface area contributed by atoms with Gasteiger partial charge in [-0.1, -0.05) is 20.8 Å². The van der Waals surface area contributed by atoms with Gasteiger partial charge in [0.2, 0.25) is 0 Å². The number of urea groups is 1. The highest BCUT2D eigenvalue weighted by atomic mass is 16.2. The number of primary amides is 1. The van der Waals surface area contributed by atoms with Crippen LogP contribution in [0, 0.1) is 12.3 Å². The molecule has 0 heterocycles. The highest BCUT2D eigenvalue weighted by Gasteiger charge is 2.33. The van der Waals surface area contributed by atoms with Gasteiger partial charge >= 0.3 is 6.03 Å². The molecule has 0 fully saturated rings. The zero-order valence-corrected chi connectivity index (χ0v) is 7.69. The molecule has 0 spiro atoms. The topological polar surface area (TPSA) is 55.1 Å². The molecule has 0 saturated heterocycles. The van der Waals surface area contributed by atoms with Crippen LogP contribution in [0.2, 0.25) is 0 Å². The molecule has 2 amide bonds. The lowest BCUT2D eigenvalue weighted by atomic mass is 9.76. The predicted molar refractivity (Wildman–Crippen MR) is 45.9 cm³/mol. The third-order valence-corrected chi connectivity index (χ3v) is 2.05. The fourth-order valence-corrected chi connectivity index (χ4v) is 0.459. The first kappa shape index (κ1) is 10.3. The summed E-state index contributed by atoms with van der Waals surface area (Å²) in [5.74, 6) is 0. The van der Waals surface area contributed by atoms with Crippen LogP contribution in [-0.4, -0.2) is 11.6 Å². The molecule has 0 aliphatic heterocycles. The van der Waals surface area contributed by atoms with E-state index in [1.54, 1.807) is 0 Å². The van der Waals surface area contributed by atoms with E-state index in [2.05, 4.69) is 12.2 Å². The molecule has 3 N–H and O–H groups in total. The zero-order valence-electron chi connectivity index (χ0n) is 7.69. The van der Waals surface area contributed by atoms with Crippen LogP contribution < -0.4 is 11.1 Å². The third-order valence-electron chi connectivity index (χ3n) is 2.05. The van der Waals surface area contributed by atoms with Crippen molar-refractivity contribution in [3.8, 4) is 0 Å². The highest BCUT2D eigenvalue weighted by Crippen LogP contribution is 2.28. The highest BCUT2D eigenvalue weighted by molar-refractivity contribution is 5.72. The standard InChI is InChI=1S/C8H17N2O/c1-7(2,3)8(4,5)10-6(9)11/h4H2,1-3,5H3,(H3,9,10,11). The van der Waals surface area contributed by atoms with Crippen LogP contribution in [0.1, 0.15) is 27.7 Å². The second kappa shape index (κ2) is 2.72. The molecule has 0 aromatic heterocycles. The van der Waals surface area contributed by atoms with Crippen molar-refractivity contribution in [1.29, 1.82) is 0 Å². The fraction of sp³-hybridized carbons (Fsp3) is 0.750. The Morgan fingerprint density at radius 3 is 1.82 bits per heavy atom. The normalized spacial score (nSPS) is 12.8. The van der Waals surface area contributed by atoms with E-state index in [0.717, 1.165) is 0 Å². The number of amides is 2. The molecule has 0 bridgehead atoms. The number of nitrogens with two attached hydrogens (primary N) is 1. The third kappa shape index (κ3) is 2.78. The first-order valence-corrected chi connectivity index (χ1v) is 3.60. The van der Waals surface area contributed by atoms with Gasteiger partial charge in [-0.2, -0.15) is 0 Å². The summed E-state index contributed by atoms with van der Waals surface area (Å²) in [6, 6.07) is -0.530. The summed E-state index contributed by atoms with van der Waals surface area (Å²) in [7, 11) is 0. The van der Waals surface area contributed by atoms with Crippen molar-refractivity contribution in [3.63, 3.8) is 0 Å². The van der Waals surface area contributed by atoms with E-state index in [4.69, 9.17) is 5.73 Å². The summed E-state index contributed by atoms with van der Waals surface area (Å²) < 4.78 is 0. The Balaban J connectivity index is 4.34. The average molecular weight is 157 g/mol. The SMILES string of the molecule is [CH2]C(C)(NC(N)=O)C(C)(C)C. The molecule has 0 aromatic carbocycles. The van der Waals surface area contributed by atoms with Gasteiger partial charge in [-0.25, -0.2) is 4.79 Å². The Morgan fingerprint density at radius 2 is 1.73 bits per heavy atom. The van der Waals surface area contributed by atoms with E-state index in [1.807, 2.05) is 27.7 Å². The lowest BCUT2D eigenvalue weighted by Crippen LogP contribution is -2.54. The molecule has 65 valence electrons. The molecule has 0 aromatic rings. The van der Waals surface area contributed by atoms with Crippen molar-refractivity contribution in [3.05, 3.63) is 6.92 Å². The molecule has 3 heteroatoms. The largest absolute Gasteiger partial charge is 0.352 e. The zero-order chi connectivity index (χ0) is 9.28. The minimum Gasteiger partial charge on any atom is -0.352 e. The Hall–Kier alpha value is -0.730. The molecular formula is C8H17N2O.